The molecule has 2 aromatic carbocycles. The van der Waals surface area contributed by atoms with E-state index >= 15 is 0 Å². The van der Waals surface area contributed by atoms with Crippen molar-refractivity contribution in [3.63, 3.8) is 0 Å². The quantitative estimate of drug-likeness (QED) is 0.552. The van der Waals surface area contributed by atoms with Crippen molar-refractivity contribution in [3.8, 4) is 17.5 Å². The highest BCUT2D eigenvalue weighted by Crippen LogP contribution is 2.31. The number of hydrogen-bond acceptors (Lipinski definition) is 3. The van der Waals surface area contributed by atoms with Gasteiger partial charge in [0.2, 0.25) is 5.78 Å². The van der Waals surface area contributed by atoms with E-state index in [0.29, 0.717) is 34.0 Å². The molecule has 0 radical (unpaired) electrons. The van der Waals surface area contributed by atoms with Gasteiger partial charge in [-0.15, -0.1) is 0 Å². The molecule has 0 atom stereocenters. The van der Waals surface area contributed by atoms with Crippen molar-refractivity contribution in [1.29, 1.82) is 5.26 Å². The molecule has 1 aromatic heterocycles. The molecule has 0 amide bonds. The van der Waals surface area contributed by atoms with Gasteiger partial charge < -0.3 is 9.30 Å². The third-order valence-electron chi connectivity index (χ3n) is 4.53. The molecular weight excluding hydrogens is 381 g/mol. The Morgan fingerprint density at radius 3 is 2.52 bits per heavy atom. The first-order valence-corrected chi connectivity index (χ1v) is 8.74. The first kappa shape index (κ1) is 20.2. The van der Waals surface area contributed by atoms with E-state index < -0.39 is 11.7 Å². The molecule has 0 aliphatic rings. The number of aryl methyl sites for hydroxylation is 1. The Morgan fingerprint density at radius 1 is 1.10 bits per heavy atom. The number of nitrogens with zero attached hydrogens (tertiary/aromatic N) is 2. The number of benzene rings is 2. The zero-order valence-corrected chi connectivity index (χ0v) is 15.7. The van der Waals surface area contributed by atoms with Crippen LogP contribution in [-0.4, -0.2) is 17.0 Å². The summed E-state index contributed by atoms with van der Waals surface area (Å²) in [4.78, 5) is 12.7. The van der Waals surface area contributed by atoms with Crippen LogP contribution in [0.5, 0.6) is 5.75 Å². The van der Waals surface area contributed by atoms with E-state index in [-0.39, 0.29) is 12.4 Å². The summed E-state index contributed by atoms with van der Waals surface area (Å²) >= 11 is 0. The molecule has 148 valence electrons. The first-order valence-electron chi connectivity index (χ1n) is 8.74. The number of ketones is 1. The van der Waals surface area contributed by atoms with Crippen LogP contribution in [0.4, 0.5) is 13.2 Å². The molecule has 29 heavy (non-hydrogen) atoms. The number of alkyl halides is 3. The van der Waals surface area contributed by atoms with Crippen molar-refractivity contribution in [2.75, 3.05) is 6.61 Å². The summed E-state index contributed by atoms with van der Waals surface area (Å²) in [5.41, 5.74) is 1.38. The van der Waals surface area contributed by atoms with E-state index in [9.17, 15) is 18.0 Å². The van der Waals surface area contributed by atoms with E-state index in [1.54, 1.807) is 54.8 Å². The van der Waals surface area contributed by atoms with Gasteiger partial charge in [0.25, 0.3) is 0 Å². The van der Waals surface area contributed by atoms with Gasteiger partial charge in [-0.05, 0) is 50.2 Å². The lowest BCUT2D eigenvalue weighted by Gasteiger charge is -2.13. The number of carbonyl (C=O) groups is 1. The number of Topliss-reactive ketones (excluding diaryl/α,β-unsaturated/α-hetero) is 1. The highest BCUT2D eigenvalue weighted by atomic mass is 19.4. The van der Waals surface area contributed by atoms with Crippen LogP contribution in [0, 0.1) is 25.2 Å². The van der Waals surface area contributed by atoms with Gasteiger partial charge in [-0.2, -0.15) is 18.4 Å². The van der Waals surface area contributed by atoms with Crippen LogP contribution in [0.25, 0.3) is 5.69 Å². The summed E-state index contributed by atoms with van der Waals surface area (Å²) in [5, 5.41) is 9.09. The van der Waals surface area contributed by atoms with E-state index in [2.05, 4.69) is 0 Å². The molecule has 3 aromatic rings. The largest absolute Gasteiger partial charge is 0.484 e. The van der Waals surface area contributed by atoms with Crippen LogP contribution in [0.15, 0.2) is 54.6 Å². The van der Waals surface area contributed by atoms with Crippen molar-refractivity contribution in [2.45, 2.75) is 20.0 Å². The normalized spacial score (nSPS) is 11.2. The number of aromatic nitrogens is 1. The second kappa shape index (κ2) is 7.84. The Labute approximate surface area is 165 Å². The van der Waals surface area contributed by atoms with E-state index in [1.165, 1.54) is 6.07 Å². The third kappa shape index (κ3) is 4.16. The Balaban J connectivity index is 1.88. The molecule has 0 saturated carbocycles. The van der Waals surface area contributed by atoms with Crippen LogP contribution >= 0.6 is 0 Å². The predicted octanol–water partition coefficient (Wildman–Crippen LogP) is 5.25. The van der Waals surface area contributed by atoms with Gasteiger partial charge in [0.15, 0.2) is 6.61 Å². The average Bonchev–Trinajstić information content (AvgIpc) is 3.00. The zero-order valence-electron chi connectivity index (χ0n) is 15.7. The van der Waals surface area contributed by atoms with Gasteiger partial charge in [0.05, 0.1) is 11.1 Å². The molecule has 7 heteroatoms. The Bertz CT molecular complexity index is 1110. The maximum atomic E-state index is 13.0. The topological polar surface area (TPSA) is 55.0 Å². The van der Waals surface area contributed by atoms with Crippen molar-refractivity contribution in [3.05, 3.63) is 82.7 Å². The fourth-order valence-electron chi connectivity index (χ4n) is 3.17. The lowest BCUT2D eigenvalue weighted by molar-refractivity contribution is -0.137. The monoisotopic (exact) mass is 398 g/mol. The summed E-state index contributed by atoms with van der Waals surface area (Å²) in [6.45, 7) is 3.10. The SMILES string of the molecule is Cc1cc(C(=O)COc2ccccc2C#N)c(C)n1-c1cccc(C(F)(F)F)c1. The van der Waals surface area contributed by atoms with Gasteiger partial charge >= 0.3 is 6.18 Å². The number of nitriles is 1. The number of rotatable bonds is 5. The van der Waals surface area contributed by atoms with Crippen LogP contribution < -0.4 is 4.74 Å². The fourth-order valence-corrected chi connectivity index (χ4v) is 3.17. The maximum Gasteiger partial charge on any atom is 0.416 e. The van der Waals surface area contributed by atoms with Gasteiger partial charge in [0.1, 0.15) is 11.8 Å². The third-order valence-corrected chi connectivity index (χ3v) is 4.53. The molecule has 0 aliphatic heterocycles. The molecule has 3 rings (SSSR count). The summed E-state index contributed by atoms with van der Waals surface area (Å²) in [6.07, 6.45) is -4.45. The van der Waals surface area contributed by atoms with Crippen molar-refractivity contribution in [1.82, 2.24) is 4.57 Å². The molecule has 0 spiro atoms. The second-order valence-electron chi connectivity index (χ2n) is 6.49. The molecule has 0 bridgehead atoms. The standard InChI is InChI=1S/C22H17F3N2O2/c1-14-10-19(20(28)13-29-21-9-4-3-6-16(21)12-26)15(2)27(14)18-8-5-7-17(11-18)22(23,24)25/h3-11H,13H2,1-2H3. The lowest BCUT2D eigenvalue weighted by Crippen LogP contribution is -2.13. The van der Waals surface area contributed by atoms with Gasteiger partial charge in [-0.25, -0.2) is 0 Å². The van der Waals surface area contributed by atoms with E-state index in [1.807, 2.05) is 6.07 Å². The number of hydrogen-bond donors (Lipinski definition) is 0. The zero-order chi connectivity index (χ0) is 21.2. The Morgan fingerprint density at radius 2 is 1.83 bits per heavy atom. The Hall–Kier alpha value is -3.53. The first-order chi connectivity index (χ1) is 13.7. The minimum Gasteiger partial charge on any atom is -0.484 e. The van der Waals surface area contributed by atoms with Crippen LogP contribution in [-0.2, 0) is 6.18 Å². The van der Waals surface area contributed by atoms with Crippen LogP contribution in [0.1, 0.15) is 32.9 Å². The molecule has 4 nitrogen and oxygen atoms in total. The van der Waals surface area contributed by atoms with E-state index in [0.717, 1.165) is 12.1 Å². The minimum atomic E-state index is -4.45. The molecular formula is C22H17F3N2O2. The molecule has 0 unspecified atom stereocenters. The number of carbonyl (C=O) groups excluding carboxylic acids is 1. The smallest absolute Gasteiger partial charge is 0.416 e. The van der Waals surface area contributed by atoms with Crippen molar-refractivity contribution in [2.24, 2.45) is 0 Å². The maximum absolute atomic E-state index is 13.0. The van der Waals surface area contributed by atoms with Gasteiger partial charge in [-0.1, -0.05) is 18.2 Å². The second-order valence-corrected chi connectivity index (χ2v) is 6.49. The number of ether oxygens (including phenoxy) is 1. The predicted molar refractivity (Wildman–Crippen MR) is 101 cm³/mol. The number of halogens is 3. The van der Waals surface area contributed by atoms with Crippen molar-refractivity contribution < 1.29 is 22.7 Å². The highest BCUT2D eigenvalue weighted by Gasteiger charge is 2.30. The summed E-state index contributed by atoms with van der Waals surface area (Å²) < 4.78 is 46.2. The van der Waals surface area contributed by atoms with Crippen molar-refractivity contribution >= 4 is 5.78 Å². The minimum absolute atomic E-state index is 0.286. The van der Waals surface area contributed by atoms with Gasteiger partial charge in [-0.3, -0.25) is 4.79 Å². The summed E-state index contributed by atoms with van der Waals surface area (Å²) in [6, 6.07) is 15.1. The fraction of sp³-hybridized carbons (Fsp3) is 0.182. The summed E-state index contributed by atoms with van der Waals surface area (Å²) in [7, 11) is 0. The van der Waals surface area contributed by atoms with Crippen LogP contribution in [0.2, 0.25) is 0 Å². The molecule has 0 fully saturated rings. The highest BCUT2D eigenvalue weighted by molar-refractivity contribution is 5.98. The molecule has 0 aliphatic carbocycles. The Kier molecular flexibility index (Phi) is 5.46. The van der Waals surface area contributed by atoms with Crippen LogP contribution in [0.3, 0.4) is 0 Å². The lowest BCUT2D eigenvalue weighted by atomic mass is 10.1. The van der Waals surface area contributed by atoms with E-state index in [4.69, 9.17) is 10.00 Å². The molecule has 1 heterocycles. The number of para-hydroxylation sites is 1. The average molecular weight is 398 g/mol. The van der Waals surface area contributed by atoms with Gasteiger partial charge in [0, 0.05) is 22.6 Å². The summed E-state index contributed by atoms with van der Waals surface area (Å²) in [5.74, 6) is -0.0286. The molecule has 0 saturated heterocycles. The molecule has 0 N–H and O–H groups in total.